The summed E-state index contributed by atoms with van der Waals surface area (Å²) in [6, 6.07) is -3.81. The maximum absolute atomic E-state index is 12.2. The lowest BCUT2D eigenvalue weighted by Crippen LogP contribution is -2.49. The van der Waals surface area contributed by atoms with E-state index in [1.807, 2.05) is 5.32 Å². The monoisotopic (exact) mass is 383 g/mol. The van der Waals surface area contributed by atoms with E-state index in [9.17, 15) is 41.0 Å². The van der Waals surface area contributed by atoms with Gasteiger partial charge in [-0.25, -0.2) is 4.79 Å². The molecule has 0 aliphatic heterocycles. The van der Waals surface area contributed by atoms with Crippen molar-refractivity contribution in [3.05, 3.63) is 0 Å². The van der Waals surface area contributed by atoms with Crippen LogP contribution in [0.15, 0.2) is 0 Å². The number of hydrogen-bond donors (Lipinski definition) is 1. The number of hydrogen-bond acceptors (Lipinski definition) is 4. The van der Waals surface area contributed by atoms with Gasteiger partial charge in [0.25, 0.3) is 0 Å². The summed E-state index contributed by atoms with van der Waals surface area (Å²) in [5, 5.41) is 12.3. The van der Waals surface area contributed by atoms with Crippen LogP contribution in [0.4, 0.5) is 31.1 Å². The van der Waals surface area contributed by atoms with Crippen LogP contribution in [0.2, 0.25) is 0 Å². The largest absolute Gasteiger partial charge is 0.544 e. The van der Waals surface area contributed by atoms with E-state index in [4.69, 9.17) is 0 Å². The first-order chi connectivity index (χ1) is 11.0. The average Bonchev–Trinajstić information content (AvgIpc) is 2.30. The molecule has 0 aromatic rings. The fourth-order valence-corrected chi connectivity index (χ4v) is 1.52. The number of nitrogens with zero attached hydrogens (tertiary/aromatic N) is 2. The van der Waals surface area contributed by atoms with E-state index in [-0.39, 0.29) is 22.5 Å². The third kappa shape index (κ3) is 17.1. The Labute approximate surface area is 142 Å². The van der Waals surface area contributed by atoms with Crippen molar-refractivity contribution < 1.29 is 45.5 Å². The van der Waals surface area contributed by atoms with Crippen LogP contribution in [-0.2, 0) is 4.79 Å². The number of likely N-dealkylation sites (N-methyl/N-ethyl adjacent to an activating group) is 1. The van der Waals surface area contributed by atoms with Gasteiger partial charge in [-0.15, -0.1) is 4.39 Å². The summed E-state index contributed by atoms with van der Waals surface area (Å²) < 4.78 is 70.6. The van der Waals surface area contributed by atoms with Crippen molar-refractivity contribution in [3.8, 4) is 0 Å². The van der Waals surface area contributed by atoms with Crippen LogP contribution in [-0.4, -0.2) is 81.6 Å². The van der Waals surface area contributed by atoms with Crippen LogP contribution in [0.1, 0.15) is 12.8 Å². The molecule has 0 saturated carbocycles. The van der Waals surface area contributed by atoms with Gasteiger partial charge in [-0.3, -0.25) is 4.90 Å². The van der Waals surface area contributed by atoms with Crippen molar-refractivity contribution in [3.63, 3.8) is 0 Å². The minimum absolute atomic E-state index is 0.0937. The number of carbonyl (C=O) groups excluding carboxylic acids is 2. The normalized spacial score (nSPS) is 12.4. The molecule has 0 bridgehead atoms. The molecule has 0 aromatic heterocycles. The zero-order valence-electron chi connectivity index (χ0n) is 14.4. The second-order valence-corrected chi connectivity index (χ2v) is 6.10. The number of carboxylic acids is 1. The summed E-state index contributed by atoms with van der Waals surface area (Å²) in [6.45, 7) is 0.655. The van der Waals surface area contributed by atoms with Gasteiger partial charge in [-0.1, -0.05) is 0 Å². The number of amides is 1. The first kappa shape index (κ1) is 25.7. The molecule has 1 amide bonds. The maximum atomic E-state index is 12.2. The van der Waals surface area contributed by atoms with Crippen molar-refractivity contribution in [1.82, 2.24) is 10.2 Å². The van der Waals surface area contributed by atoms with Crippen LogP contribution < -0.4 is 10.4 Å². The fourth-order valence-electron chi connectivity index (χ4n) is 1.52. The Kier molecular flexibility index (Phi) is 10.7. The number of nitrogens with one attached hydrogen (secondary N) is 1. The summed E-state index contributed by atoms with van der Waals surface area (Å²) in [4.78, 5) is 20.4. The molecule has 0 atom stereocenters. The van der Waals surface area contributed by atoms with Crippen molar-refractivity contribution in [2.24, 2.45) is 0 Å². The predicted octanol–water partition coefficient (Wildman–Crippen LogP) is 0.975. The molecule has 0 fully saturated rings. The minimum Gasteiger partial charge on any atom is -0.544 e. The summed E-state index contributed by atoms with van der Waals surface area (Å²) in [7, 11) is 5.25. The van der Waals surface area contributed by atoms with Gasteiger partial charge in [0.05, 0.1) is 26.6 Å². The molecule has 0 saturated heterocycles. The molecule has 0 spiro atoms. The highest BCUT2D eigenvalue weighted by Crippen LogP contribution is 2.32. The number of halogens is 6. The van der Waals surface area contributed by atoms with Crippen LogP contribution in [0, 0.1) is 0 Å². The van der Waals surface area contributed by atoms with Crippen LogP contribution in [0.5, 0.6) is 0 Å². The highest BCUT2D eigenvalue weighted by atomic mass is 19.4. The number of alkyl halides is 5. The van der Waals surface area contributed by atoms with E-state index in [2.05, 4.69) is 0 Å². The van der Waals surface area contributed by atoms with Gasteiger partial charge in [0.15, 0.2) is 0 Å². The smallest absolute Gasteiger partial charge is 0.397 e. The molecular weight excluding hydrogens is 360 g/mol. The Balaban J connectivity index is 0. The number of carbonyl (C=O) groups is 2. The average molecular weight is 383 g/mol. The zero-order chi connectivity index (χ0) is 20.5. The quantitative estimate of drug-likeness (QED) is 0.223. The Morgan fingerprint density at radius 1 is 1.12 bits per heavy atom. The van der Waals surface area contributed by atoms with Crippen LogP contribution in [0.25, 0.3) is 0 Å². The summed E-state index contributed by atoms with van der Waals surface area (Å²) in [6.07, 6.45) is -7.97. The molecule has 150 valence electrons. The number of carboxylic acid groups (broad SMARTS) is 1. The summed E-state index contributed by atoms with van der Waals surface area (Å²) >= 11 is 0. The topological polar surface area (TPSA) is 72.5 Å². The molecule has 0 radical (unpaired) electrons. The van der Waals surface area contributed by atoms with Crippen molar-refractivity contribution in [2.75, 3.05) is 47.8 Å². The highest BCUT2D eigenvalue weighted by Gasteiger charge is 2.45. The number of rotatable bonds is 8. The van der Waals surface area contributed by atoms with Gasteiger partial charge in [0, 0.05) is 13.0 Å². The lowest BCUT2D eigenvalue weighted by molar-refractivity contribution is -0.884. The lowest BCUT2D eigenvalue weighted by Gasteiger charge is -2.29. The number of aliphatic carboxylic acids is 1. The Hall–Kier alpha value is -1.56. The summed E-state index contributed by atoms with van der Waals surface area (Å²) in [5.41, 5.74) is 0. The van der Waals surface area contributed by atoms with Gasteiger partial charge in [0.2, 0.25) is 0 Å². The highest BCUT2D eigenvalue weighted by molar-refractivity contribution is 5.65. The van der Waals surface area contributed by atoms with Gasteiger partial charge >= 0.3 is 18.4 Å². The molecule has 1 N–H and O–H groups in total. The van der Waals surface area contributed by atoms with E-state index >= 15 is 0 Å². The van der Waals surface area contributed by atoms with Crippen LogP contribution in [0.3, 0.4) is 0 Å². The second-order valence-electron chi connectivity index (χ2n) is 6.10. The Bertz CT molecular complexity index is 428. The molecular formula is C13H23F6N3O3. The first-order valence-corrected chi connectivity index (χ1v) is 7.06. The molecule has 0 aromatic carbocycles. The van der Waals surface area contributed by atoms with E-state index in [1.54, 1.807) is 14.1 Å². The lowest BCUT2D eigenvalue weighted by atomic mass is 10.3. The Morgan fingerprint density at radius 2 is 1.60 bits per heavy atom. The fraction of sp³-hybridized carbons (Fsp3) is 0.846. The van der Waals surface area contributed by atoms with Crippen molar-refractivity contribution in [1.29, 1.82) is 0 Å². The Morgan fingerprint density at radius 3 is 1.88 bits per heavy atom. The van der Waals surface area contributed by atoms with Crippen LogP contribution >= 0.6 is 0 Å². The number of quaternary nitrogens is 1. The summed E-state index contributed by atoms with van der Waals surface area (Å²) in [5.74, 6) is -1.12. The standard InChI is InChI=1S/C8H15FN2O3.C5H8F5N/c1-11(2,6-7(12)13)5-3-4-10-8(9)14;1-11(2)5(9,10)3-4(6,7)8/h3-6H2,1-2H3,(H-,10,12,13,14);3H2,1-2H3. The third-order valence-corrected chi connectivity index (χ3v) is 2.83. The van der Waals surface area contributed by atoms with Gasteiger partial charge < -0.3 is 19.7 Å². The third-order valence-electron chi connectivity index (χ3n) is 2.83. The SMILES string of the molecule is CN(C)C(F)(F)CC(F)(F)F.C[N+](C)(CCCNC(=O)F)CC(=O)[O-]. The van der Waals surface area contributed by atoms with Crippen molar-refractivity contribution >= 4 is 12.1 Å². The van der Waals surface area contributed by atoms with E-state index in [1.165, 1.54) is 0 Å². The maximum Gasteiger partial charge on any atom is 0.397 e. The second kappa shape index (κ2) is 10.4. The predicted molar refractivity (Wildman–Crippen MR) is 75.3 cm³/mol. The molecule has 25 heavy (non-hydrogen) atoms. The van der Waals surface area contributed by atoms with E-state index in [0.29, 0.717) is 13.0 Å². The van der Waals surface area contributed by atoms with E-state index in [0.717, 1.165) is 14.1 Å². The van der Waals surface area contributed by atoms with E-state index < -0.39 is 30.8 Å². The molecule has 0 aliphatic carbocycles. The molecule has 0 unspecified atom stereocenters. The van der Waals surface area contributed by atoms with Gasteiger partial charge in [0.1, 0.15) is 13.0 Å². The molecule has 0 aliphatic rings. The minimum atomic E-state index is -4.83. The molecule has 12 heteroatoms. The van der Waals surface area contributed by atoms with Gasteiger partial charge in [-0.05, 0) is 14.1 Å². The molecule has 0 heterocycles. The molecule has 6 nitrogen and oxygen atoms in total. The van der Waals surface area contributed by atoms with Gasteiger partial charge in [-0.2, -0.15) is 22.0 Å². The molecule has 0 rings (SSSR count). The zero-order valence-corrected chi connectivity index (χ0v) is 14.4. The van der Waals surface area contributed by atoms with Crippen molar-refractivity contribution in [2.45, 2.75) is 25.1 Å². The first-order valence-electron chi connectivity index (χ1n) is 7.06.